The number of carboxylic acid groups (broad SMARTS) is 1. The van der Waals surface area contributed by atoms with Crippen LogP contribution >= 0.6 is 0 Å². The Morgan fingerprint density at radius 1 is 1.30 bits per heavy atom. The minimum absolute atomic E-state index is 0.0482. The molecule has 4 rings (SSSR count). The molecule has 2 amide bonds. The minimum atomic E-state index is -0.775. The summed E-state index contributed by atoms with van der Waals surface area (Å²) in [5.74, 6) is -0.727. The number of aryl methyl sites for hydroxylation is 2. The summed E-state index contributed by atoms with van der Waals surface area (Å²) in [5.41, 5.74) is 2.57. The number of likely N-dealkylation sites (tertiary alicyclic amines) is 1. The molecule has 1 aliphatic heterocycles. The van der Waals surface area contributed by atoms with Crippen molar-refractivity contribution >= 4 is 17.7 Å². The van der Waals surface area contributed by atoms with E-state index in [1.54, 1.807) is 4.90 Å². The zero-order valence-corrected chi connectivity index (χ0v) is 15.6. The number of benzene rings is 1. The topological polar surface area (TPSA) is 87.5 Å². The number of para-hydroxylation sites is 2. The van der Waals surface area contributed by atoms with Crippen LogP contribution in [0.5, 0.6) is 0 Å². The number of urea groups is 1. The summed E-state index contributed by atoms with van der Waals surface area (Å²) in [4.78, 5) is 26.4. The largest absolute Gasteiger partial charge is 0.481 e. The van der Waals surface area contributed by atoms with Gasteiger partial charge in [-0.1, -0.05) is 18.6 Å². The molecular formula is C20H24N4O3. The third-order valence-corrected chi connectivity index (χ3v) is 5.97. The highest BCUT2D eigenvalue weighted by atomic mass is 16.4. The highest BCUT2D eigenvalue weighted by Crippen LogP contribution is 2.49. The van der Waals surface area contributed by atoms with Gasteiger partial charge in [-0.05, 0) is 50.8 Å². The van der Waals surface area contributed by atoms with E-state index in [2.05, 4.69) is 10.4 Å². The second-order valence-corrected chi connectivity index (χ2v) is 7.72. The molecule has 1 aromatic carbocycles. The summed E-state index contributed by atoms with van der Waals surface area (Å²) < 4.78 is 1.81. The van der Waals surface area contributed by atoms with Crippen LogP contribution in [0.3, 0.4) is 0 Å². The number of aromatic nitrogens is 2. The number of anilines is 1. The standard InChI is InChI=1S/C20H24N4O3/c1-13-10-14(2)24(22-13)17-8-4-3-7-16(17)21-19(27)23-11-15-6-5-9-20(15,12-23)18(25)26/h3-4,7-8,10,15H,5-6,9,11-12H2,1-2H3,(H,21,27)(H,25,26)/t15-,20+/m0/s1. The van der Waals surface area contributed by atoms with Gasteiger partial charge in [-0.15, -0.1) is 0 Å². The lowest BCUT2D eigenvalue weighted by Crippen LogP contribution is -2.38. The Hall–Kier alpha value is -2.83. The summed E-state index contributed by atoms with van der Waals surface area (Å²) >= 11 is 0. The van der Waals surface area contributed by atoms with Crippen LogP contribution in [0.4, 0.5) is 10.5 Å². The zero-order chi connectivity index (χ0) is 19.2. The Bertz CT molecular complexity index is 906. The van der Waals surface area contributed by atoms with E-state index in [0.717, 1.165) is 29.9 Å². The normalized spacial score (nSPS) is 24.1. The summed E-state index contributed by atoms with van der Waals surface area (Å²) in [6.45, 7) is 4.68. The number of fused-ring (bicyclic) bond motifs is 1. The smallest absolute Gasteiger partial charge is 0.321 e. The van der Waals surface area contributed by atoms with Crippen LogP contribution in [0.25, 0.3) is 5.69 Å². The van der Waals surface area contributed by atoms with E-state index in [4.69, 9.17) is 0 Å². The number of amides is 2. The Kier molecular flexibility index (Phi) is 4.17. The third-order valence-electron chi connectivity index (χ3n) is 5.97. The van der Waals surface area contributed by atoms with Crippen LogP contribution in [0.2, 0.25) is 0 Å². The molecule has 2 fully saturated rings. The second kappa shape index (κ2) is 6.40. The summed E-state index contributed by atoms with van der Waals surface area (Å²) in [5, 5.41) is 17.2. The fourth-order valence-corrected chi connectivity index (χ4v) is 4.62. The third kappa shape index (κ3) is 2.87. The predicted molar refractivity (Wildman–Crippen MR) is 101 cm³/mol. The lowest BCUT2D eigenvalue weighted by atomic mass is 9.81. The molecule has 142 valence electrons. The van der Waals surface area contributed by atoms with Gasteiger partial charge in [0.15, 0.2) is 0 Å². The van der Waals surface area contributed by atoms with Crippen LogP contribution in [-0.4, -0.2) is 44.9 Å². The van der Waals surface area contributed by atoms with E-state index in [9.17, 15) is 14.7 Å². The molecule has 27 heavy (non-hydrogen) atoms. The zero-order valence-electron chi connectivity index (χ0n) is 15.6. The number of carboxylic acids is 1. The van der Waals surface area contributed by atoms with Gasteiger partial charge in [0.05, 0.1) is 22.5 Å². The van der Waals surface area contributed by atoms with Gasteiger partial charge in [-0.2, -0.15) is 5.10 Å². The number of rotatable bonds is 3. The molecule has 0 unspecified atom stereocenters. The molecule has 2 N–H and O–H groups in total. The molecule has 2 aliphatic rings. The van der Waals surface area contributed by atoms with E-state index >= 15 is 0 Å². The second-order valence-electron chi connectivity index (χ2n) is 7.72. The van der Waals surface area contributed by atoms with Gasteiger partial charge in [-0.25, -0.2) is 9.48 Å². The van der Waals surface area contributed by atoms with Crippen LogP contribution in [0.15, 0.2) is 30.3 Å². The molecule has 1 saturated heterocycles. The van der Waals surface area contributed by atoms with Gasteiger partial charge < -0.3 is 15.3 Å². The molecule has 0 spiro atoms. The van der Waals surface area contributed by atoms with Gasteiger partial charge in [0.2, 0.25) is 0 Å². The van der Waals surface area contributed by atoms with Crippen molar-refractivity contribution in [3.05, 3.63) is 41.7 Å². The highest BCUT2D eigenvalue weighted by Gasteiger charge is 2.55. The van der Waals surface area contributed by atoms with Crippen molar-refractivity contribution in [2.75, 3.05) is 18.4 Å². The van der Waals surface area contributed by atoms with E-state index < -0.39 is 11.4 Å². The summed E-state index contributed by atoms with van der Waals surface area (Å²) in [7, 11) is 0. The minimum Gasteiger partial charge on any atom is -0.481 e. The summed E-state index contributed by atoms with van der Waals surface area (Å²) in [6.07, 6.45) is 2.45. The highest BCUT2D eigenvalue weighted by molar-refractivity contribution is 5.92. The maximum absolute atomic E-state index is 12.9. The van der Waals surface area contributed by atoms with E-state index in [1.807, 2.05) is 48.9 Å². The number of carbonyl (C=O) groups excluding carboxylic acids is 1. The number of hydrogen-bond acceptors (Lipinski definition) is 3. The lowest BCUT2D eigenvalue weighted by Gasteiger charge is -2.23. The van der Waals surface area contributed by atoms with Crippen LogP contribution in [-0.2, 0) is 4.79 Å². The van der Waals surface area contributed by atoms with Gasteiger partial charge in [-0.3, -0.25) is 4.79 Å². The monoisotopic (exact) mass is 368 g/mol. The van der Waals surface area contributed by atoms with Crippen molar-refractivity contribution in [3.8, 4) is 5.69 Å². The fourth-order valence-electron chi connectivity index (χ4n) is 4.62. The number of nitrogens with zero attached hydrogens (tertiary/aromatic N) is 3. The lowest BCUT2D eigenvalue weighted by molar-refractivity contribution is -0.149. The average Bonchev–Trinajstić information content (AvgIpc) is 3.27. The van der Waals surface area contributed by atoms with E-state index in [1.165, 1.54) is 0 Å². The molecule has 2 heterocycles. The first-order valence-electron chi connectivity index (χ1n) is 9.33. The van der Waals surface area contributed by atoms with Crippen molar-refractivity contribution in [3.63, 3.8) is 0 Å². The van der Waals surface area contributed by atoms with Gasteiger partial charge in [0, 0.05) is 18.8 Å². The van der Waals surface area contributed by atoms with Gasteiger partial charge in [0.25, 0.3) is 0 Å². The number of nitrogens with one attached hydrogen (secondary N) is 1. The first-order chi connectivity index (χ1) is 12.9. The number of aliphatic carboxylic acids is 1. The fraction of sp³-hybridized carbons (Fsp3) is 0.450. The van der Waals surface area contributed by atoms with Gasteiger partial charge >= 0.3 is 12.0 Å². The Morgan fingerprint density at radius 2 is 2.07 bits per heavy atom. The predicted octanol–water partition coefficient (Wildman–Crippen LogP) is 3.21. The Balaban J connectivity index is 1.57. The van der Waals surface area contributed by atoms with E-state index in [-0.39, 0.29) is 18.5 Å². The molecule has 1 aliphatic carbocycles. The molecule has 1 aromatic heterocycles. The Labute approximate surface area is 158 Å². The molecular weight excluding hydrogens is 344 g/mol. The molecule has 0 bridgehead atoms. The summed E-state index contributed by atoms with van der Waals surface area (Å²) in [6, 6.07) is 9.25. The average molecular weight is 368 g/mol. The van der Waals surface area contributed by atoms with Gasteiger partial charge in [0.1, 0.15) is 0 Å². The number of hydrogen-bond donors (Lipinski definition) is 2. The molecule has 7 heteroatoms. The molecule has 2 aromatic rings. The van der Waals surface area contributed by atoms with Crippen LogP contribution in [0.1, 0.15) is 30.7 Å². The van der Waals surface area contributed by atoms with Crippen molar-refractivity contribution in [2.24, 2.45) is 11.3 Å². The quantitative estimate of drug-likeness (QED) is 0.871. The van der Waals surface area contributed by atoms with Crippen LogP contribution in [0, 0.1) is 25.2 Å². The van der Waals surface area contributed by atoms with E-state index in [0.29, 0.717) is 18.7 Å². The first-order valence-corrected chi connectivity index (χ1v) is 9.33. The molecule has 2 atom stereocenters. The maximum Gasteiger partial charge on any atom is 0.321 e. The molecule has 0 radical (unpaired) electrons. The molecule has 7 nitrogen and oxygen atoms in total. The van der Waals surface area contributed by atoms with Crippen molar-refractivity contribution in [2.45, 2.75) is 33.1 Å². The molecule has 1 saturated carbocycles. The Morgan fingerprint density at radius 3 is 2.74 bits per heavy atom. The SMILES string of the molecule is Cc1cc(C)n(-c2ccccc2NC(=O)N2C[C@@H]3CCC[C@@]3(C(=O)O)C2)n1. The van der Waals surface area contributed by atoms with Crippen LogP contribution < -0.4 is 5.32 Å². The van der Waals surface area contributed by atoms with Crippen molar-refractivity contribution in [1.29, 1.82) is 0 Å². The number of carbonyl (C=O) groups is 2. The van der Waals surface area contributed by atoms with Crippen molar-refractivity contribution < 1.29 is 14.7 Å². The first kappa shape index (κ1) is 17.6. The maximum atomic E-state index is 12.9. The van der Waals surface area contributed by atoms with Crippen molar-refractivity contribution in [1.82, 2.24) is 14.7 Å².